The number of hydrogen-bond acceptors (Lipinski definition) is 6. The second-order valence-electron chi connectivity index (χ2n) is 6.37. The molecule has 27 heavy (non-hydrogen) atoms. The first kappa shape index (κ1) is 21.8. The molecule has 9 heteroatoms. The van der Waals surface area contributed by atoms with Gasteiger partial charge in [-0.3, -0.25) is 8.37 Å². The van der Waals surface area contributed by atoms with E-state index in [1.165, 1.54) is 0 Å². The molecule has 0 saturated carbocycles. The molecule has 0 aliphatic heterocycles. The highest BCUT2D eigenvalue weighted by Crippen LogP contribution is 2.18. The van der Waals surface area contributed by atoms with E-state index in [0.717, 1.165) is 22.9 Å². The van der Waals surface area contributed by atoms with Crippen molar-refractivity contribution < 1.29 is 25.2 Å². The summed E-state index contributed by atoms with van der Waals surface area (Å²) < 4.78 is 55.7. The molecule has 0 saturated heterocycles. The van der Waals surface area contributed by atoms with Crippen LogP contribution in [0, 0.1) is 0 Å². The third-order valence-electron chi connectivity index (χ3n) is 4.31. The summed E-state index contributed by atoms with van der Waals surface area (Å²) in [5.41, 5.74) is 0. The molecule has 0 aliphatic rings. The van der Waals surface area contributed by atoms with Crippen molar-refractivity contribution in [3.63, 3.8) is 0 Å². The van der Waals surface area contributed by atoms with Gasteiger partial charge in [0.15, 0.2) is 0 Å². The molecule has 0 unspecified atom stereocenters. The molecule has 0 N–H and O–H groups in total. The summed E-state index contributed by atoms with van der Waals surface area (Å²) in [6, 6.07) is 20.5. The van der Waals surface area contributed by atoms with Crippen LogP contribution < -0.4 is 10.4 Å². The topological polar surface area (TPSA) is 86.7 Å². The van der Waals surface area contributed by atoms with Gasteiger partial charge in [-0.1, -0.05) is 71.0 Å². The van der Waals surface area contributed by atoms with Crippen LogP contribution in [-0.2, 0) is 28.6 Å². The van der Waals surface area contributed by atoms with Crippen LogP contribution in [0.1, 0.15) is 0 Å². The Morgan fingerprint density at radius 1 is 0.667 bits per heavy atom. The van der Waals surface area contributed by atoms with Crippen molar-refractivity contribution in [3.8, 4) is 0 Å². The average molecular weight is 429 g/mol. The highest BCUT2D eigenvalue weighted by Gasteiger charge is 2.37. The maximum atomic E-state index is 11.4. The third kappa shape index (κ3) is 6.85. The molecule has 0 fully saturated rings. The van der Waals surface area contributed by atoms with Gasteiger partial charge in [-0.25, -0.2) is 0 Å². The summed E-state index contributed by atoms with van der Waals surface area (Å²) in [4.78, 5) is 0. The second-order valence-corrected chi connectivity index (χ2v) is 14.0. The van der Waals surface area contributed by atoms with E-state index in [0.29, 0.717) is 12.1 Å². The lowest BCUT2D eigenvalue weighted by atomic mass is 10.4. The lowest BCUT2D eigenvalue weighted by Gasteiger charge is -2.32. The van der Waals surface area contributed by atoms with Gasteiger partial charge in [0.1, 0.15) is 8.07 Å². The van der Waals surface area contributed by atoms with Crippen LogP contribution in [0.25, 0.3) is 0 Å². The molecule has 2 aromatic carbocycles. The Balaban J connectivity index is 2.44. The summed E-state index contributed by atoms with van der Waals surface area (Å²) in [6.45, 7) is 0.0709. The quantitative estimate of drug-likeness (QED) is 0.417. The molecule has 0 aromatic heterocycles. The lowest BCUT2D eigenvalue weighted by molar-refractivity contribution is 0.334. The average Bonchev–Trinajstić information content (AvgIpc) is 2.60. The molecular weight excluding hydrogens is 404 g/mol. The minimum absolute atomic E-state index is 0.0354. The maximum Gasteiger partial charge on any atom is 0.264 e. The van der Waals surface area contributed by atoms with Gasteiger partial charge in [0.2, 0.25) is 0 Å². The smallest absolute Gasteiger partial charge is 0.264 e. The normalized spacial score (nSPS) is 12.8. The van der Waals surface area contributed by atoms with Gasteiger partial charge in [-0.05, 0) is 12.1 Å². The fraction of sp³-hybridized carbons (Fsp3) is 0.333. The zero-order valence-electron chi connectivity index (χ0n) is 15.4. The van der Waals surface area contributed by atoms with Crippen molar-refractivity contribution in [1.82, 2.24) is 0 Å². The molecule has 0 heterocycles. The van der Waals surface area contributed by atoms with Gasteiger partial charge >= 0.3 is 0 Å². The molecule has 0 amide bonds. The molecule has 0 bridgehead atoms. The first-order valence-corrected chi connectivity index (χ1v) is 14.5. The molecule has 0 atom stereocenters. The highest BCUT2D eigenvalue weighted by molar-refractivity contribution is 7.86. The predicted molar refractivity (Wildman–Crippen MR) is 109 cm³/mol. The zero-order chi connectivity index (χ0) is 20.0. The molecule has 0 radical (unpaired) electrons. The van der Waals surface area contributed by atoms with E-state index in [4.69, 9.17) is 8.37 Å². The van der Waals surface area contributed by atoms with Crippen molar-refractivity contribution in [1.29, 1.82) is 0 Å². The molecule has 6 nitrogen and oxygen atoms in total. The van der Waals surface area contributed by atoms with Crippen molar-refractivity contribution in [2.24, 2.45) is 0 Å². The minimum Gasteiger partial charge on any atom is -0.271 e. The van der Waals surface area contributed by atoms with Crippen LogP contribution in [0.15, 0.2) is 60.7 Å². The van der Waals surface area contributed by atoms with Crippen LogP contribution in [0.4, 0.5) is 0 Å². The van der Waals surface area contributed by atoms with Crippen molar-refractivity contribution in [2.45, 2.75) is 12.1 Å². The van der Waals surface area contributed by atoms with E-state index in [2.05, 4.69) is 0 Å². The Hall–Kier alpha value is -1.52. The molecule has 148 valence electrons. The van der Waals surface area contributed by atoms with Crippen molar-refractivity contribution in [2.75, 3.05) is 25.7 Å². The Kier molecular flexibility index (Phi) is 7.35. The molecule has 2 rings (SSSR count). The number of rotatable bonds is 10. The zero-order valence-corrected chi connectivity index (χ0v) is 18.0. The molecule has 0 spiro atoms. The standard InChI is InChI=1S/C18H24O6S2Si/c1-25(19,20)23-13-15-27(16-14-24-26(2,21)22,17-9-5-3-6-10-17)18-11-7-4-8-12-18/h3-12H,13-16H2,1-2H3. The predicted octanol–water partition coefficient (Wildman–Crippen LogP) is 1.20. The third-order valence-corrected chi connectivity index (χ3v) is 10.5. The van der Waals surface area contributed by atoms with Crippen LogP contribution in [0.5, 0.6) is 0 Å². The Morgan fingerprint density at radius 2 is 1.00 bits per heavy atom. The summed E-state index contributed by atoms with van der Waals surface area (Å²) in [5, 5.41) is 2.15. The fourth-order valence-electron chi connectivity index (χ4n) is 3.12. The first-order valence-electron chi connectivity index (χ1n) is 8.42. The fourth-order valence-corrected chi connectivity index (χ4v) is 8.49. The lowest BCUT2D eigenvalue weighted by Crippen LogP contribution is -2.59. The van der Waals surface area contributed by atoms with Gasteiger partial charge in [0, 0.05) is 0 Å². The monoisotopic (exact) mass is 428 g/mol. The van der Waals surface area contributed by atoms with Gasteiger partial charge in [-0.15, -0.1) is 0 Å². The number of hydrogen-bond donors (Lipinski definition) is 0. The van der Waals surface area contributed by atoms with Gasteiger partial charge in [-0.2, -0.15) is 16.8 Å². The largest absolute Gasteiger partial charge is 0.271 e. The van der Waals surface area contributed by atoms with Gasteiger partial charge < -0.3 is 0 Å². The van der Waals surface area contributed by atoms with Crippen LogP contribution in [0.2, 0.25) is 12.1 Å². The minimum atomic E-state index is -3.56. The van der Waals surface area contributed by atoms with Crippen molar-refractivity contribution in [3.05, 3.63) is 60.7 Å². The van der Waals surface area contributed by atoms with E-state index in [9.17, 15) is 16.8 Å². The number of benzene rings is 2. The second kappa shape index (κ2) is 9.11. The summed E-state index contributed by atoms with van der Waals surface area (Å²) >= 11 is 0. The van der Waals surface area contributed by atoms with E-state index < -0.39 is 28.3 Å². The van der Waals surface area contributed by atoms with E-state index >= 15 is 0 Å². The SMILES string of the molecule is CS(=O)(=O)OCC[Si](CCOS(C)(=O)=O)(c1ccccc1)c1ccccc1. The summed E-state index contributed by atoms with van der Waals surface area (Å²) in [5.74, 6) is 0. The Bertz CT molecular complexity index is 849. The van der Waals surface area contributed by atoms with Crippen LogP contribution in [0.3, 0.4) is 0 Å². The Morgan fingerprint density at radius 3 is 1.30 bits per heavy atom. The van der Waals surface area contributed by atoms with E-state index in [1.807, 2.05) is 60.7 Å². The summed E-state index contributed by atoms with van der Waals surface area (Å²) in [6.07, 6.45) is 2.04. The van der Waals surface area contributed by atoms with Gasteiger partial charge in [0.05, 0.1) is 25.7 Å². The highest BCUT2D eigenvalue weighted by atomic mass is 32.2. The maximum absolute atomic E-state index is 11.4. The van der Waals surface area contributed by atoms with Crippen LogP contribution >= 0.6 is 0 Å². The molecule has 0 aliphatic carbocycles. The Labute approximate surface area is 162 Å². The van der Waals surface area contributed by atoms with Crippen LogP contribution in [-0.4, -0.2) is 50.6 Å². The van der Waals surface area contributed by atoms with Gasteiger partial charge in [0.25, 0.3) is 20.2 Å². The van der Waals surface area contributed by atoms with E-state index in [-0.39, 0.29) is 13.2 Å². The molecular formula is C18H24O6S2Si. The first-order chi connectivity index (χ1) is 12.6. The molecule has 2 aromatic rings. The summed E-state index contributed by atoms with van der Waals surface area (Å²) in [7, 11) is -9.65. The van der Waals surface area contributed by atoms with E-state index in [1.54, 1.807) is 0 Å². The van der Waals surface area contributed by atoms with Crippen molar-refractivity contribution >= 4 is 38.7 Å².